The lowest BCUT2D eigenvalue weighted by molar-refractivity contribution is 0.0323. The van der Waals surface area contributed by atoms with Crippen LogP contribution >= 0.6 is 0 Å². The molecule has 1 amide bonds. The standard InChI is InChI=1S/C21H34N2O4/c1-4-5-6-7-11-23(13-12-22-14-16-27-17-15-22)21(24)18-9-8-10-19(25-2)20(18)26-3/h8-10H,4-7,11-17H2,1-3H3. The molecule has 0 bridgehead atoms. The fourth-order valence-corrected chi connectivity index (χ4v) is 3.36. The molecule has 0 radical (unpaired) electrons. The molecule has 0 saturated carbocycles. The van der Waals surface area contributed by atoms with E-state index in [1.165, 1.54) is 12.8 Å². The first-order valence-corrected chi connectivity index (χ1v) is 10.0. The number of benzene rings is 1. The third-order valence-electron chi connectivity index (χ3n) is 4.99. The molecule has 0 spiro atoms. The zero-order valence-electron chi connectivity index (χ0n) is 17.0. The van der Waals surface area contributed by atoms with E-state index in [9.17, 15) is 4.79 Å². The summed E-state index contributed by atoms with van der Waals surface area (Å²) in [7, 11) is 3.17. The number of methoxy groups -OCH3 is 2. The number of morpholine rings is 1. The molecular weight excluding hydrogens is 344 g/mol. The van der Waals surface area contributed by atoms with Crippen LogP contribution in [-0.4, -0.2) is 75.9 Å². The van der Waals surface area contributed by atoms with Gasteiger partial charge in [0.25, 0.3) is 5.91 Å². The van der Waals surface area contributed by atoms with Crippen LogP contribution in [0.2, 0.25) is 0 Å². The fourth-order valence-electron chi connectivity index (χ4n) is 3.36. The molecule has 0 aliphatic carbocycles. The van der Waals surface area contributed by atoms with Gasteiger partial charge in [-0.25, -0.2) is 0 Å². The van der Waals surface area contributed by atoms with Gasteiger partial charge in [-0.3, -0.25) is 9.69 Å². The van der Waals surface area contributed by atoms with Crippen LogP contribution in [0.1, 0.15) is 43.0 Å². The van der Waals surface area contributed by atoms with E-state index in [-0.39, 0.29) is 5.91 Å². The quantitative estimate of drug-likeness (QED) is 0.554. The van der Waals surface area contributed by atoms with Gasteiger partial charge < -0.3 is 19.1 Å². The van der Waals surface area contributed by atoms with E-state index in [1.54, 1.807) is 14.2 Å². The number of carbonyl (C=O) groups is 1. The van der Waals surface area contributed by atoms with Gasteiger partial charge in [-0.05, 0) is 18.6 Å². The highest BCUT2D eigenvalue weighted by molar-refractivity contribution is 5.97. The van der Waals surface area contributed by atoms with Crippen molar-refractivity contribution in [3.05, 3.63) is 23.8 Å². The highest BCUT2D eigenvalue weighted by Crippen LogP contribution is 2.31. The first-order valence-electron chi connectivity index (χ1n) is 10.0. The van der Waals surface area contributed by atoms with Crippen LogP contribution in [0.3, 0.4) is 0 Å². The first kappa shape index (κ1) is 21.5. The lowest BCUT2D eigenvalue weighted by Gasteiger charge is -2.30. The Balaban J connectivity index is 2.09. The minimum absolute atomic E-state index is 0.00973. The van der Waals surface area contributed by atoms with Crippen molar-refractivity contribution < 1.29 is 19.0 Å². The Morgan fingerprint density at radius 2 is 1.89 bits per heavy atom. The summed E-state index contributed by atoms with van der Waals surface area (Å²) < 4.78 is 16.3. The smallest absolute Gasteiger partial charge is 0.257 e. The maximum absolute atomic E-state index is 13.3. The van der Waals surface area contributed by atoms with Gasteiger partial charge in [0.05, 0.1) is 33.0 Å². The summed E-state index contributed by atoms with van der Waals surface area (Å²) in [6, 6.07) is 5.47. The number of nitrogens with zero attached hydrogens (tertiary/aromatic N) is 2. The second-order valence-electron chi connectivity index (χ2n) is 6.85. The van der Waals surface area contributed by atoms with E-state index in [0.717, 1.165) is 52.2 Å². The van der Waals surface area contributed by atoms with E-state index in [1.807, 2.05) is 23.1 Å². The maximum Gasteiger partial charge on any atom is 0.257 e. The summed E-state index contributed by atoms with van der Waals surface area (Å²) in [5.74, 6) is 1.10. The molecule has 152 valence electrons. The van der Waals surface area contributed by atoms with Crippen molar-refractivity contribution in [2.45, 2.75) is 32.6 Å². The van der Waals surface area contributed by atoms with Gasteiger partial charge in [0.1, 0.15) is 0 Å². The monoisotopic (exact) mass is 378 g/mol. The number of hydrogen-bond donors (Lipinski definition) is 0. The van der Waals surface area contributed by atoms with Gasteiger partial charge in [-0.15, -0.1) is 0 Å². The number of amides is 1. The lowest BCUT2D eigenvalue weighted by Crippen LogP contribution is -2.43. The molecular formula is C21H34N2O4. The Hall–Kier alpha value is -1.79. The van der Waals surface area contributed by atoms with Crippen molar-refractivity contribution in [2.75, 3.05) is 60.2 Å². The fraction of sp³-hybridized carbons (Fsp3) is 0.667. The van der Waals surface area contributed by atoms with Gasteiger partial charge in [-0.2, -0.15) is 0 Å². The first-order chi connectivity index (χ1) is 13.2. The van der Waals surface area contributed by atoms with Crippen LogP contribution in [0.4, 0.5) is 0 Å². The number of para-hydroxylation sites is 1. The lowest BCUT2D eigenvalue weighted by atomic mass is 10.1. The maximum atomic E-state index is 13.3. The summed E-state index contributed by atoms with van der Waals surface area (Å²) in [6.45, 7) is 7.95. The van der Waals surface area contributed by atoms with Gasteiger partial charge in [0.2, 0.25) is 0 Å². The molecule has 6 nitrogen and oxygen atoms in total. The Bertz CT molecular complexity index is 573. The van der Waals surface area contributed by atoms with Gasteiger partial charge in [0, 0.05) is 32.7 Å². The van der Waals surface area contributed by atoms with Crippen molar-refractivity contribution in [1.82, 2.24) is 9.80 Å². The molecule has 0 N–H and O–H groups in total. The van der Waals surface area contributed by atoms with Gasteiger partial charge in [-0.1, -0.05) is 32.3 Å². The van der Waals surface area contributed by atoms with Crippen molar-refractivity contribution in [3.63, 3.8) is 0 Å². The highest BCUT2D eigenvalue weighted by Gasteiger charge is 2.22. The topological polar surface area (TPSA) is 51.2 Å². The average molecular weight is 379 g/mol. The van der Waals surface area contributed by atoms with E-state index in [0.29, 0.717) is 23.6 Å². The molecule has 1 aliphatic heterocycles. The minimum atomic E-state index is 0.00973. The molecule has 1 fully saturated rings. The molecule has 0 aromatic heterocycles. The Labute approximate surface area is 163 Å². The van der Waals surface area contributed by atoms with Crippen LogP contribution in [0, 0.1) is 0 Å². The van der Waals surface area contributed by atoms with Crippen LogP contribution in [0.5, 0.6) is 11.5 Å². The van der Waals surface area contributed by atoms with Crippen LogP contribution < -0.4 is 9.47 Å². The molecule has 1 aliphatic rings. The van der Waals surface area contributed by atoms with Crippen molar-refractivity contribution in [1.29, 1.82) is 0 Å². The summed E-state index contributed by atoms with van der Waals surface area (Å²) in [5, 5.41) is 0. The second kappa shape index (κ2) is 11.8. The molecule has 1 heterocycles. The van der Waals surface area contributed by atoms with Gasteiger partial charge >= 0.3 is 0 Å². The number of hydrogen-bond acceptors (Lipinski definition) is 5. The third-order valence-corrected chi connectivity index (χ3v) is 4.99. The second-order valence-corrected chi connectivity index (χ2v) is 6.85. The Kier molecular flexibility index (Phi) is 9.42. The van der Waals surface area contributed by atoms with Crippen molar-refractivity contribution in [2.24, 2.45) is 0 Å². The molecule has 2 rings (SSSR count). The number of unbranched alkanes of at least 4 members (excludes halogenated alkanes) is 3. The van der Waals surface area contributed by atoms with Crippen LogP contribution in [0.15, 0.2) is 18.2 Å². The number of carbonyl (C=O) groups excluding carboxylic acids is 1. The van der Waals surface area contributed by atoms with E-state index < -0.39 is 0 Å². The number of ether oxygens (including phenoxy) is 3. The zero-order valence-corrected chi connectivity index (χ0v) is 17.0. The summed E-state index contributed by atoms with van der Waals surface area (Å²) in [4.78, 5) is 17.6. The van der Waals surface area contributed by atoms with Crippen LogP contribution in [0.25, 0.3) is 0 Å². The van der Waals surface area contributed by atoms with E-state index >= 15 is 0 Å². The molecule has 1 aromatic rings. The summed E-state index contributed by atoms with van der Waals surface area (Å²) >= 11 is 0. The molecule has 27 heavy (non-hydrogen) atoms. The van der Waals surface area contributed by atoms with Gasteiger partial charge in [0.15, 0.2) is 11.5 Å². The molecule has 0 unspecified atom stereocenters. The molecule has 6 heteroatoms. The SMILES string of the molecule is CCCCCCN(CCN1CCOCC1)C(=O)c1cccc(OC)c1OC. The highest BCUT2D eigenvalue weighted by atomic mass is 16.5. The van der Waals surface area contributed by atoms with Crippen molar-refractivity contribution in [3.8, 4) is 11.5 Å². The normalized spacial score (nSPS) is 14.8. The Morgan fingerprint density at radius 3 is 2.56 bits per heavy atom. The molecule has 0 atom stereocenters. The number of rotatable bonds is 11. The zero-order chi connectivity index (χ0) is 19.5. The van der Waals surface area contributed by atoms with Crippen molar-refractivity contribution >= 4 is 5.91 Å². The molecule has 1 aromatic carbocycles. The molecule has 1 saturated heterocycles. The predicted molar refractivity (Wildman–Crippen MR) is 107 cm³/mol. The average Bonchev–Trinajstić information content (AvgIpc) is 2.72. The summed E-state index contributed by atoms with van der Waals surface area (Å²) in [6.07, 6.45) is 4.56. The van der Waals surface area contributed by atoms with Crippen LogP contribution in [-0.2, 0) is 4.74 Å². The largest absolute Gasteiger partial charge is 0.493 e. The summed E-state index contributed by atoms with van der Waals surface area (Å²) in [5.41, 5.74) is 0.564. The minimum Gasteiger partial charge on any atom is -0.493 e. The van der Waals surface area contributed by atoms with E-state index in [2.05, 4.69) is 11.8 Å². The third kappa shape index (κ3) is 6.40. The van der Waals surface area contributed by atoms with E-state index in [4.69, 9.17) is 14.2 Å². The predicted octanol–water partition coefficient (Wildman–Crippen LogP) is 3.06. The Morgan fingerprint density at radius 1 is 1.11 bits per heavy atom.